The molecule has 0 bridgehead atoms. The quantitative estimate of drug-likeness (QED) is 0.827. The second kappa shape index (κ2) is 6.57. The summed E-state index contributed by atoms with van der Waals surface area (Å²) in [6, 6.07) is 7.34. The van der Waals surface area contributed by atoms with Gasteiger partial charge < -0.3 is 19.5 Å². The highest BCUT2D eigenvalue weighted by molar-refractivity contribution is 6.30. The Kier molecular flexibility index (Phi) is 5.05. The van der Waals surface area contributed by atoms with Crippen molar-refractivity contribution >= 4 is 11.6 Å². The van der Waals surface area contributed by atoms with Crippen LogP contribution >= 0.6 is 11.6 Å². The standard InChI is InChI=1S/C14H20ClNO3/c1-16(8-14(9-17)10-18-11-14)6-7-19-13-4-2-12(15)3-5-13/h2-5,17H,6-11H2,1H3. The van der Waals surface area contributed by atoms with Gasteiger partial charge in [-0.25, -0.2) is 0 Å². The van der Waals surface area contributed by atoms with Crippen molar-refractivity contribution in [2.75, 3.05) is 46.6 Å². The summed E-state index contributed by atoms with van der Waals surface area (Å²) in [7, 11) is 2.03. The number of ether oxygens (including phenoxy) is 2. The number of aliphatic hydroxyl groups is 1. The second-order valence-corrected chi connectivity index (χ2v) is 5.63. The maximum atomic E-state index is 9.36. The van der Waals surface area contributed by atoms with E-state index < -0.39 is 0 Å². The molecule has 0 aliphatic carbocycles. The maximum absolute atomic E-state index is 9.36. The Balaban J connectivity index is 1.69. The normalized spacial score (nSPS) is 17.3. The lowest BCUT2D eigenvalue weighted by atomic mass is 9.86. The highest BCUT2D eigenvalue weighted by atomic mass is 35.5. The molecule has 4 nitrogen and oxygen atoms in total. The Morgan fingerprint density at radius 2 is 2.05 bits per heavy atom. The molecular formula is C14H20ClNO3. The Labute approximate surface area is 118 Å². The van der Waals surface area contributed by atoms with Gasteiger partial charge in [-0.3, -0.25) is 0 Å². The number of hydrogen-bond acceptors (Lipinski definition) is 4. The maximum Gasteiger partial charge on any atom is 0.119 e. The van der Waals surface area contributed by atoms with Gasteiger partial charge in [0, 0.05) is 18.1 Å². The van der Waals surface area contributed by atoms with Crippen molar-refractivity contribution in [3.63, 3.8) is 0 Å². The first-order chi connectivity index (χ1) is 9.13. The van der Waals surface area contributed by atoms with Crippen LogP contribution in [0.5, 0.6) is 5.75 Å². The minimum absolute atomic E-state index is 0.0744. The van der Waals surface area contributed by atoms with Gasteiger partial charge in [-0.1, -0.05) is 11.6 Å². The van der Waals surface area contributed by atoms with E-state index in [4.69, 9.17) is 21.1 Å². The van der Waals surface area contributed by atoms with Crippen LogP contribution in [0.3, 0.4) is 0 Å². The second-order valence-electron chi connectivity index (χ2n) is 5.19. The summed E-state index contributed by atoms with van der Waals surface area (Å²) >= 11 is 5.81. The van der Waals surface area contributed by atoms with E-state index in [0.717, 1.165) is 18.8 Å². The third kappa shape index (κ3) is 4.08. The summed E-state index contributed by atoms with van der Waals surface area (Å²) in [5.41, 5.74) is -0.0744. The molecule has 0 unspecified atom stereocenters. The Morgan fingerprint density at radius 3 is 2.58 bits per heavy atom. The summed E-state index contributed by atoms with van der Waals surface area (Å²) in [4.78, 5) is 2.16. The van der Waals surface area contributed by atoms with E-state index >= 15 is 0 Å². The fourth-order valence-corrected chi connectivity index (χ4v) is 2.25. The molecule has 1 aliphatic heterocycles. The Bertz CT molecular complexity index is 387. The number of benzene rings is 1. The number of halogens is 1. The van der Waals surface area contributed by atoms with E-state index in [1.807, 2.05) is 31.3 Å². The SMILES string of the molecule is CN(CCOc1ccc(Cl)cc1)CC1(CO)COC1. The van der Waals surface area contributed by atoms with Crippen molar-refractivity contribution in [3.05, 3.63) is 29.3 Å². The van der Waals surface area contributed by atoms with E-state index in [9.17, 15) is 5.11 Å². The van der Waals surface area contributed by atoms with Crippen LogP contribution in [0.1, 0.15) is 0 Å². The van der Waals surface area contributed by atoms with Crippen LogP contribution in [0.15, 0.2) is 24.3 Å². The zero-order valence-electron chi connectivity index (χ0n) is 11.1. The van der Waals surface area contributed by atoms with Gasteiger partial charge in [-0.2, -0.15) is 0 Å². The molecule has 0 radical (unpaired) electrons. The number of nitrogens with zero attached hydrogens (tertiary/aromatic N) is 1. The monoisotopic (exact) mass is 285 g/mol. The molecule has 1 N–H and O–H groups in total. The summed E-state index contributed by atoms with van der Waals surface area (Å²) in [6.07, 6.45) is 0. The number of rotatable bonds is 7. The third-order valence-corrected chi connectivity index (χ3v) is 3.56. The molecule has 1 heterocycles. The van der Waals surface area contributed by atoms with Crippen LogP contribution in [-0.2, 0) is 4.74 Å². The van der Waals surface area contributed by atoms with Gasteiger partial charge in [0.25, 0.3) is 0 Å². The molecule has 1 aromatic carbocycles. The molecule has 1 aromatic rings. The van der Waals surface area contributed by atoms with Crippen LogP contribution in [0.25, 0.3) is 0 Å². The molecule has 0 spiro atoms. The van der Waals surface area contributed by atoms with Crippen molar-refractivity contribution in [2.45, 2.75) is 0 Å². The van der Waals surface area contributed by atoms with Gasteiger partial charge in [0.1, 0.15) is 12.4 Å². The lowest BCUT2D eigenvalue weighted by Crippen LogP contribution is -2.53. The van der Waals surface area contributed by atoms with Crippen molar-refractivity contribution in [2.24, 2.45) is 5.41 Å². The zero-order chi connectivity index (χ0) is 13.7. The average molecular weight is 286 g/mol. The number of likely N-dealkylation sites (N-methyl/N-ethyl adjacent to an activating group) is 1. The third-order valence-electron chi connectivity index (χ3n) is 3.31. The zero-order valence-corrected chi connectivity index (χ0v) is 11.9. The van der Waals surface area contributed by atoms with E-state index in [0.29, 0.717) is 24.8 Å². The van der Waals surface area contributed by atoms with Crippen LogP contribution in [-0.4, -0.2) is 56.6 Å². The fraction of sp³-hybridized carbons (Fsp3) is 0.571. The first kappa shape index (κ1) is 14.6. The molecule has 106 valence electrons. The van der Waals surface area contributed by atoms with Gasteiger partial charge in [-0.05, 0) is 31.3 Å². The van der Waals surface area contributed by atoms with Crippen molar-refractivity contribution in [1.29, 1.82) is 0 Å². The molecule has 1 fully saturated rings. The summed E-state index contributed by atoms with van der Waals surface area (Å²) < 4.78 is 10.8. The minimum Gasteiger partial charge on any atom is -0.492 e. The Morgan fingerprint density at radius 1 is 1.37 bits per heavy atom. The lowest BCUT2D eigenvalue weighted by molar-refractivity contribution is -0.146. The first-order valence-electron chi connectivity index (χ1n) is 6.39. The summed E-state index contributed by atoms with van der Waals surface area (Å²) in [5, 5.41) is 10.1. The molecule has 0 aromatic heterocycles. The number of aliphatic hydroxyl groups excluding tert-OH is 1. The summed E-state index contributed by atoms with van der Waals surface area (Å²) in [6.45, 7) is 3.71. The van der Waals surface area contributed by atoms with E-state index in [2.05, 4.69) is 4.90 Å². The molecular weight excluding hydrogens is 266 g/mol. The van der Waals surface area contributed by atoms with E-state index in [-0.39, 0.29) is 12.0 Å². The minimum atomic E-state index is -0.0744. The van der Waals surface area contributed by atoms with E-state index in [1.54, 1.807) is 0 Å². The molecule has 1 aliphatic rings. The van der Waals surface area contributed by atoms with Crippen molar-refractivity contribution in [3.8, 4) is 5.75 Å². The topological polar surface area (TPSA) is 41.9 Å². The number of hydrogen-bond donors (Lipinski definition) is 1. The molecule has 19 heavy (non-hydrogen) atoms. The predicted molar refractivity (Wildman–Crippen MR) is 74.8 cm³/mol. The Hall–Kier alpha value is -0.810. The van der Waals surface area contributed by atoms with Gasteiger partial charge in [0.05, 0.1) is 25.2 Å². The predicted octanol–water partition coefficient (Wildman–Crippen LogP) is 1.66. The molecule has 5 heteroatoms. The van der Waals surface area contributed by atoms with Crippen LogP contribution in [0, 0.1) is 5.41 Å². The molecule has 0 amide bonds. The molecule has 1 saturated heterocycles. The summed E-state index contributed by atoms with van der Waals surface area (Å²) in [5.74, 6) is 0.821. The lowest BCUT2D eigenvalue weighted by Gasteiger charge is -2.42. The van der Waals surface area contributed by atoms with Gasteiger partial charge >= 0.3 is 0 Å². The smallest absolute Gasteiger partial charge is 0.119 e. The molecule has 0 saturated carbocycles. The van der Waals surface area contributed by atoms with E-state index in [1.165, 1.54) is 0 Å². The molecule has 0 atom stereocenters. The van der Waals surface area contributed by atoms with Crippen LogP contribution in [0.2, 0.25) is 5.02 Å². The van der Waals surface area contributed by atoms with Gasteiger partial charge in [-0.15, -0.1) is 0 Å². The fourth-order valence-electron chi connectivity index (χ4n) is 2.13. The van der Waals surface area contributed by atoms with Gasteiger partial charge in [0.2, 0.25) is 0 Å². The van der Waals surface area contributed by atoms with Crippen LogP contribution < -0.4 is 4.74 Å². The average Bonchev–Trinajstić information content (AvgIpc) is 2.36. The van der Waals surface area contributed by atoms with Crippen molar-refractivity contribution in [1.82, 2.24) is 4.90 Å². The largest absolute Gasteiger partial charge is 0.492 e. The highest BCUT2D eigenvalue weighted by Gasteiger charge is 2.38. The van der Waals surface area contributed by atoms with Crippen LogP contribution in [0.4, 0.5) is 0 Å². The van der Waals surface area contributed by atoms with Gasteiger partial charge in [0.15, 0.2) is 0 Å². The first-order valence-corrected chi connectivity index (χ1v) is 6.77. The highest BCUT2D eigenvalue weighted by Crippen LogP contribution is 2.27. The van der Waals surface area contributed by atoms with Crippen molar-refractivity contribution < 1.29 is 14.6 Å². The molecule has 2 rings (SSSR count).